The van der Waals surface area contributed by atoms with E-state index in [9.17, 15) is 4.79 Å². The zero-order chi connectivity index (χ0) is 16.7. The fraction of sp³-hybridized carbons (Fsp3) is 0.471. The number of aryl methyl sites for hydroxylation is 1. The van der Waals surface area contributed by atoms with E-state index in [0.29, 0.717) is 36.1 Å². The largest absolute Gasteiger partial charge is 0.480 e. The van der Waals surface area contributed by atoms with E-state index in [2.05, 4.69) is 10.1 Å². The van der Waals surface area contributed by atoms with Crippen molar-refractivity contribution in [3.63, 3.8) is 0 Å². The van der Waals surface area contributed by atoms with Gasteiger partial charge in [-0.05, 0) is 36.6 Å². The number of aromatic nitrogens is 2. The molecule has 0 aliphatic carbocycles. The first-order valence-electron chi connectivity index (χ1n) is 8.23. The standard InChI is InChI=1S/C17H18ClN3O3/c1-2-15-19-16(20-24-15)12-4-3-7-21(12)17(22)14-9-10-8-11(18)5-6-13(10)23-14/h5-6,8,12,14H,2-4,7,9H2,1H3/t12-,14-/m1/s1. The van der Waals surface area contributed by atoms with Gasteiger partial charge in [0, 0.05) is 24.4 Å². The van der Waals surface area contributed by atoms with Gasteiger partial charge < -0.3 is 14.2 Å². The summed E-state index contributed by atoms with van der Waals surface area (Å²) in [4.78, 5) is 19.2. The van der Waals surface area contributed by atoms with Crippen molar-refractivity contribution in [1.82, 2.24) is 15.0 Å². The van der Waals surface area contributed by atoms with Gasteiger partial charge in [-0.25, -0.2) is 0 Å². The van der Waals surface area contributed by atoms with Crippen LogP contribution in [0.15, 0.2) is 22.7 Å². The van der Waals surface area contributed by atoms with Gasteiger partial charge in [-0.1, -0.05) is 23.7 Å². The predicted molar refractivity (Wildman–Crippen MR) is 86.9 cm³/mol. The van der Waals surface area contributed by atoms with E-state index in [0.717, 1.165) is 24.2 Å². The van der Waals surface area contributed by atoms with Crippen LogP contribution in [0, 0.1) is 0 Å². The molecular formula is C17H18ClN3O3. The molecular weight excluding hydrogens is 330 g/mol. The van der Waals surface area contributed by atoms with Gasteiger partial charge >= 0.3 is 0 Å². The lowest BCUT2D eigenvalue weighted by molar-refractivity contribution is -0.139. The Morgan fingerprint density at radius 1 is 1.46 bits per heavy atom. The summed E-state index contributed by atoms with van der Waals surface area (Å²) in [5.74, 6) is 1.91. The summed E-state index contributed by atoms with van der Waals surface area (Å²) in [5.41, 5.74) is 0.976. The highest BCUT2D eigenvalue weighted by Crippen LogP contribution is 2.35. The average Bonchev–Trinajstić information content (AvgIpc) is 3.31. The Balaban J connectivity index is 1.52. The van der Waals surface area contributed by atoms with Crippen molar-refractivity contribution >= 4 is 17.5 Å². The Bertz CT molecular complexity index is 776. The second-order valence-electron chi connectivity index (χ2n) is 6.15. The van der Waals surface area contributed by atoms with Crippen molar-refractivity contribution < 1.29 is 14.1 Å². The number of rotatable bonds is 3. The van der Waals surface area contributed by atoms with E-state index in [1.54, 1.807) is 6.07 Å². The van der Waals surface area contributed by atoms with Crippen molar-refractivity contribution in [3.8, 4) is 5.75 Å². The van der Waals surface area contributed by atoms with E-state index in [4.69, 9.17) is 20.9 Å². The lowest BCUT2D eigenvalue weighted by Gasteiger charge is -2.25. The fourth-order valence-corrected chi connectivity index (χ4v) is 3.58. The normalized spacial score (nSPS) is 22.5. The molecule has 0 radical (unpaired) electrons. The van der Waals surface area contributed by atoms with Crippen LogP contribution in [0.4, 0.5) is 0 Å². The molecule has 4 rings (SSSR count). The monoisotopic (exact) mass is 347 g/mol. The van der Waals surface area contributed by atoms with Gasteiger partial charge in [0.15, 0.2) is 11.9 Å². The summed E-state index contributed by atoms with van der Waals surface area (Å²) in [6.07, 6.45) is 2.51. The van der Waals surface area contributed by atoms with E-state index in [-0.39, 0.29) is 11.9 Å². The molecule has 1 aromatic carbocycles. The van der Waals surface area contributed by atoms with Gasteiger partial charge in [0.1, 0.15) is 5.75 Å². The van der Waals surface area contributed by atoms with Crippen molar-refractivity contribution in [3.05, 3.63) is 40.5 Å². The maximum atomic E-state index is 12.9. The second kappa shape index (κ2) is 6.09. The molecule has 126 valence electrons. The van der Waals surface area contributed by atoms with Crippen LogP contribution in [0.1, 0.15) is 43.1 Å². The number of halogens is 1. The van der Waals surface area contributed by atoms with Crippen LogP contribution in [0.25, 0.3) is 0 Å². The Morgan fingerprint density at radius 2 is 2.33 bits per heavy atom. The zero-order valence-electron chi connectivity index (χ0n) is 13.4. The molecule has 0 saturated carbocycles. The summed E-state index contributed by atoms with van der Waals surface area (Å²) in [6, 6.07) is 5.33. The molecule has 2 aliphatic rings. The number of fused-ring (bicyclic) bond motifs is 1. The minimum absolute atomic E-state index is 0.0207. The molecule has 2 atom stereocenters. The number of carbonyl (C=O) groups excluding carboxylic acids is 1. The van der Waals surface area contributed by atoms with Crippen LogP contribution in [0.3, 0.4) is 0 Å². The summed E-state index contributed by atoms with van der Waals surface area (Å²) in [6.45, 7) is 2.65. The van der Waals surface area contributed by atoms with Crippen LogP contribution < -0.4 is 4.74 Å². The first-order chi connectivity index (χ1) is 11.7. The highest BCUT2D eigenvalue weighted by Gasteiger charge is 2.39. The molecule has 1 aromatic heterocycles. The number of carbonyl (C=O) groups is 1. The number of hydrogen-bond acceptors (Lipinski definition) is 5. The molecule has 0 unspecified atom stereocenters. The summed E-state index contributed by atoms with van der Waals surface area (Å²) >= 11 is 6.02. The summed E-state index contributed by atoms with van der Waals surface area (Å²) in [7, 11) is 0. The lowest BCUT2D eigenvalue weighted by Crippen LogP contribution is -2.41. The number of nitrogens with zero attached hydrogens (tertiary/aromatic N) is 3. The number of benzene rings is 1. The maximum absolute atomic E-state index is 12.9. The third-order valence-corrected chi connectivity index (χ3v) is 4.83. The van der Waals surface area contributed by atoms with Crippen molar-refractivity contribution in [2.45, 2.75) is 44.8 Å². The maximum Gasteiger partial charge on any atom is 0.264 e. The molecule has 2 aromatic rings. The highest BCUT2D eigenvalue weighted by atomic mass is 35.5. The van der Waals surface area contributed by atoms with Gasteiger partial charge in [-0.3, -0.25) is 4.79 Å². The first-order valence-corrected chi connectivity index (χ1v) is 8.61. The number of likely N-dealkylation sites (tertiary alicyclic amines) is 1. The Morgan fingerprint density at radius 3 is 3.12 bits per heavy atom. The first kappa shape index (κ1) is 15.4. The van der Waals surface area contributed by atoms with Gasteiger partial charge in [0.05, 0.1) is 6.04 Å². The summed E-state index contributed by atoms with van der Waals surface area (Å²) in [5, 5.41) is 4.70. The van der Waals surface area contributed by atoms with E-state index in [1.165, 1.54) is 0 Å². The minimum Gasteiger partial charge on any atom is -0.480 e. The third kappa shape index (κ3) is 2.65. The van der Waals surface area contributed by atoms with E-state index in [1.807, 2.05) is 24.0 Å². The van der Waals surface area contributed by atoms with Gasteiger partial charge in [-0.15, -0.1) is 0 Å². The molecule has 0 spiro atoms. The predicted octanol–water partition coefficient (Wildman–Crippen LogP) is 2.95. The van der Waals surface area contributed by atoms with Crippen LogP contribution in [-0.2, 0) is 17.6 Å². The lowest BCUT2D eigenvalue weighted by atomic mass is 10.1. The number of amides is 1. The third-order valence-electron chi connectivity index (χ3n) is 4.59. The van der Waals surface area contributed by atoms with Gasteiger partial charge in [0.25, 0.3) is 5.91 Å². The Hall–Kier alpha value is -2.08. The molecule has 0 N–H and O–H groups in total. The number of ether oxygens (including phenoxy) is 1. The molecule has 24 heavy (non-hydrogen) atoms. The van der Waals surface area contributed by atoms with Crippen LogP contribution >= 0.6 is 11.6 Å². The molecule has 0 bridgehead atoms. The fourth-order valence-electron chi connectivity index (χ4n) is 3.39. The van der Waals surface area contributed by atoms with Crippen LogP contribution in [0.2, 0.25) is 5.02 Å². The molecule has 7 heteroatoms. The van der Waals surface area contributed by atoms with Crippen LogP contribution in [-0.4, -0.2) is 33.6 Å². The second-order valence-corrected chi connectivity index (χ2v) is 6.59. The molecule has 2 aliphatic heterocycles. The SMILES string of the molecule is CCc1nc([C@H]2CCCN2C(=O)[C@H]2Cc3cc(Cl)ccc3O2)no1. The van der Waals surface area contributed by atoms with Crippen molar-refractivity contribution in [2.24, 2.45) is 0 Å². The summed E-state index contributed by atoms with van der Waals surface area (Å²) < 4.78 is 11.0. The zero-order valence-corrected chi connectivity index (χ0v) is 14.1. The molecule has 6 nitrogen and oxygen atoms in total. The molecule has 1 fully saturated rings. The minimum atomic E-state index is -0.503. The highest BCUT2D eigenvalue weighted by molar-refractivity contribution is 6.30. The Kier molecular flexibility index (Phi) is 3.92. The average molecular weight is 348 g/mol. The quantitative estimate of drug-likeness (QED) is 0.853. The number of hydrogen-bond donors (Lipinski definition) is 0. The van der Waals surface area contributed by atoms with E-state index >= 15 is 0 Å². The molecule has 1 saturated heterocycles. The van der Waals surface area contributed by atoms with Crippen molar-refractivity contribution in [1.29, 1.82) is 0 Å². The molecule has 3 heterocycles. The van der Waals surface area contributed by atoms with Gasteiger partial charge in [0.2, 0.25) is 5.89 Å². The Labute approximate surface area is 144 Å². The smallest absolute Gasteiger partial charge is 0.264 e. The van der Waals surface area contributed by atoms with Crippen LogP contribution in [0.5, 0.6) is 5.75 Å². The van der Waals surface area contributed by atoms with Crippen molar-refractivity contribution in [2.75, 3.05) is 6.54 Å². The van der Waals surface area contributed by atoms with E-state index < -0.39 is 6.10 Å². The van der Waals surface area contributed by atoms with Gasteiger partial charge in [-0.2, -0.15) is 4.98 Å². The topological polar surface area (TPSA) is 68.5 Å². The molecule has 1 amide bonds.